The quantitative estimate of drug-likeness (QED) is 0.199. The molecule has 3 aromatic heterocycles. The summed E-state index contributed by atoms with van der Waals surface area (Å²) in [7, 11) is 0. The minimum absolute atomic E-state index is 0.710. The first kappa shape index (κ1) is 28.0. The standard InChI is InChI=1S/C42H29N5/c1-2-11-39-42(44)33-16-7-8-20-38(33)47(39)40-21-10-19-37(46-40)36-18-9-17-35(45-36)27-22-24-28(25-23-27)41-31-14-5-3-12-29(31)34(26-43)30-13-4-6-15-32(30)41/h2-25H,44H2,1H3/b11-2-. The number of nitrogen functional groups attached to an aromatic ring is 1. The van der Waals surface area contributed by atoms with Crippen molar-refractivity contribution in [2.45, 2.75) is 6.92 Å². The summed E-state index contributed by atoms with van der Waals surface area (Å²) in [5.41, 5.74) is 15.6. The van der Waals surface area contributed by atoms with E-state index in [1.54, 1.807) is 0 Å². The highest BCUT2D eigenvalue weighted by atomic mass is 15.1. The molecule has 0 radical (unpaired) electrons. The normalized spacial score (nSPS) is 11.5. The lowest BCUT2D eigenvalue weighted by Gasteiger charge is -2.14. The molecule has 0 fully saturated rings. The third-order valence-electron chi connectivity index (χ3n) is 8.76. The van der Waals surface area contributed by atoms with Gasteiger partial charge in [0.1, 0.15) is 11.9 Å². The Labute approximate surface area is 272 Å². The SMILES string of the molecule is C/C=C\c1c(N)c2ccccc2n1-c1cccc(-c2cccc(-c3ccc(-c4c5ccccc5c(C#N)c5ccccc45)cc3)n2)n1. The molecule has 0 aliphatic rings. The number of allylic oxidation sites excluding steroid dienone is 1. The van der Waals surface area contributed by atoms with Crippen LogP contribution in [0.3, 0.4) is 0 Å². The second-order valence-corrected chi connectivity index (χ2v) is 11.5. The highest BCUT2D eigenvalue weighted by Gasteiger charge is 2.17. The van der Waals surface area contributed by atoms with E-state index in [1.807, 2.05) is 110 Å². The van der Waals surface area contributed by atoms with Gasteiger partial charge in [0.15, 0.2) is 0 Å². The lowest BCUT2D eigenvalue weighted by atomic mass is 9.88. The second kappa shape index (κ2) is 11.4. The van der Waals surface area contributed by atoms with E-state index in [2.05, 4.69) is 53.1 Å². The van der Waals surface area contributed by atoms with E-state index in [1.165, 1.54) is 0 Å². The van der Waals surface area contributed by atoms with Gasteiger partial charge < -0.3 is 5.73 Å². The molecule has 0 saturated carbocycles. The van der Waals surface area contributed by atoms with Crippen LogP contribution in [0.4, 0.5) is 5.69 Å². The minimum atomic E-state index is 0.710. The van der Waals surface area contributed by atoms with Crippen molar-refractivity contribution in [1.29, 1.82) is 5.26 Å². The average Bonchev–Trinajstić information content (AvgIpc) is 3.41. The highest BCUT2D eigenvalue weighted by Crippen LogP contribution is 2.39. The predicted molar refractivity (Wildman–Crippen MR) is 194 cm³/mol. The van der Waals surface area contributed by atoms with Crippen molar-refractivity contribution in [3.8, 4) is 45.7 Å². The van der Waals surface area contributed by atoms with Crippen molar-refractivity contribution in [2.75, 3.05) is 5.73 Å². The van der Waals surface area contributed by atoms with Crippen LogP contribution in [0.2, 0.25) is 0 Å². The maximum Gasteiger partial charge on any atom is 0.138 e. The van der Waals surface area contributed by atoms with Crippen molar-refractivity contribution >= 4 is 44.2 Å². The second-order valence-electron chi connectivity index (χ2n) is 11.5. The molecule has 8 aromatic rings. The van der Waals surface area contributed by atoms with Crippen molar-refractivity contribution in [3.63, 3.8) is 0 Å². The van der Waals surface area contributed by atoms with Crippen LogP contribution in [0.25, 0.3) is 78.1 Å². The molecule has 8 rings (SSSR count). The Morgan fingerprint density at radius 3 is 1.81 bits per heavy atom. The van der Waals surface area contributed by atoms with Crippen molar-refractivity contribution < 1.29 is 0 Å². The van der Waals surface area contributed by atoms with Crippen molar-refractivity contribution in [1.82, 2.24) is 14.5 Å². The summed E-state index contributed by atoms with van der Waals surface area (Å²) in [5.74, 6) is 0.780. The fourth-order valence-electron chi connectivity index (χ4n) is 6.65. The molecule has 0 amide bonds. The van der Waals surface area contributed by atoms with Crippen molar-refractivity contribution in [3.05, 3.63) is 151 Å². The lowest BCUT2D eigenvalue weighted by molar-refractivity contribution is 1.03. The molecule has 5 nitrogen and oxygen atoms in total. The zero-order chi connectivity index (χ0) is 31.9. The van der Waals surface area contributed by atoms with E-state index >= 15 is 0 Å². The van der Waals surface area contributed by atoms with Crippen LogP contribution in [0.15, 0.2) is 140 Å². The van der Waals surface area contributed by atoms with Crippen LogP contribution in [-0.2, 0) is 0 Å². The van der Waals surface area contributed by atoms with Crippen LogP contribution in [-0.4, -0.2) is 14.5 Å². The Hall–Kier alpha value is -6.51. The number of aromatic nitrogens is 3. The van der Waals surface area contributed by atoms with Crippen LogP contribution in [0.5, 0.6) is 0 Å². The summed E-state index contributed by atoms with van der Waals surface area (Å²) in [6.45, 7) is 1.99. The number of para-hydroxylation sites is 1. The van der Waals surface area contributed by atoms with Gasteiger partial charge in [0.25, 0.3) is 0 Å². The molecule has 0 atom stereocenters. The molecule has 0 spiro atoms. The van der Waals surface area contributed by atoms with Gasteiger partial charge in [-0.1, -0.05) is 109 Å². The monoisotopic (exact) mass is 603 g/mol. The fourth-order valence-corrected chi connectivity index (χ4v) is 6.65. The molecule has 5 aromatic carbocycles. The highest BCUT2D eigenvalue weighted by molar-refractivity contribution is 6.16. The van der Waals surface area contributed by atoms with Gasteiger partial charge >= 0.3 is 0 Å². The zero-order valence-corrected chi connectivity index (χ0v) is 25.7. The number of nitrogens with zero attached hydrogens (tertiary/aromatic N) is 4. The van der Waals surface area contributed by atoms with E-state index < -0.39 is 0 Å². The van der Waals surface area contributed by atoms with Crippen LogP contribution in [0.1, 0.15) is 18.2 Å². The Kier molecular flexibility index (Phi) is 6.82. The van der Waals surface area contributed by atoms with E-state index in [0.29, 0.717) is 5.56 Å². The predicted octanol–water partition coefficient (Wildman–Crippen LogP) is 10.2. The number of pyridine rings is 2. The van der Waals surface area contributed by atoms with Crippen LogP contribution >= 0.6 is 0 Å². The molecule has 222 valence electrons. The first-order chi connectivity index (χ1) is 23.2. The molecule has 0 aliphatic heterocycles. The summed E-state index contributed by atoms with van der Waals surface area (Å²) < 4.78 is 2.10. The van der Waals surface area contributed by atoms with Gasteiger partial charge in [-0.15, -0.1) is 0 Å². The fraction of sp³-hybridized carbons (Fsp3) is 0.0238. The van der Waals surface area contributed by atoms with Gasteiger partial charge in [-0.25, -0.2) is 9.97 Å². The largest absolute Gasteiger partial charge is 0.396 e. The van der Waals surface area contributed by atoms with Crippen LogP contribution in [0, 0.1) is 11.3 Å². The molecule has 2 N–H and O–H groups in total. The zero-order valence-electron chi connectivity index (χ0n) is 25.7. The summed E-state index contributed by atoms with van der Waals surface area (Å²) in [6.07, 6.45) is 4.02. The van der Waals surface area contributed by atoms with E-state index in [0.717, 1.165) is 83.4 Å². The average molecular weight is 604 g/mol. The molecule has 0 aliphatic carbocycles. The Morgan fingerprint density at radius 1 is 0.596 bits per heavy atom. The topological polar surface area (TPSA) is 80.5 Å². The Bertz CT molecular complexity index is 2490. The number of hydrogen-bond acceptors (Lipinski definition) is 4. The van der Waals surface area contributed by atoms with Crippen LogP contribution < -0.4 is 5.73 Å². The molecule has 0 unspecified atom stereocenters. The molecule has 5 heteroatoms. The van der Waals surface area contributed by atoms with Crippen molar-refractivity contribution in [2.24, 2.45) is 0 Å². The maximum atomic E-state index is 10.0. The number of anilines is 1. The minimum Gasteiger partial charge on any atom is -0.396 e. The Morgan fingerprint density at radius 2 is 1.15 bits per heavy atom. The van der Waals surface area contributed by atoms with E-state index in [9.17, 15) is 5.26 Å². The number of nitrogens with two attached hydrogens (primary N) is 1. The van der Waals surface area contributed by atoms with E-state index in [-0.39, 0.29) is 0 Å². The molecular formula is C42H29N5. The van der Waals surface area contributed by atoms with Gasteiger partial charge in [-0.05, 0) is 65.2 Å². The first-order valence-corrected chi connectivity index (χ1v) is 15.6. The number of rotatable bonds is 5. The van der Waals surface area contributed by atoms with Gasteiger partial charge in [-0.2, -0.15) is 5.26 Å². The maximum absolute atomic E-state index is 10.0. The third kappa shape index (κ3) is 4.63. The molecular weight excluding hydrogens is 574 g/mol. The molecule has 47 heavy (non-hydrogen) atoms. The third-order valence-corrected chi connectivity index (χ3v) is 8.76. The lowest BCUT2D eigenvalue weighted by Crippen LogP contribution is -2.02. The van der Waals surface area contributed by atoms with E-state index in [4.69, 9.17) is 15.7 Å². The van der Waals surface area contributed by atoms with Gasteiger partial charge in [-0.3, -0.25) is 4.57 Å². The number of nitriles is 1. The van der Waals surface area contributed by atoms with Gasteiger partial charge in [0, 0.05) is 21.7 Å². The Balaban J connectivity index is 1.19. The summed E-state index contributed by atoms with van der Waals surface area (Å²) >= 11 is 0. The molecule has 0 bridgehead atoms. The summed E-state index contributed by atoms with van der Waals surface area (Å²) in [4.78, 5) is 10.1. The smallest absolute Gasteiger partial charge is 0.138 e. The van der Waals surface area contributed by atoms with Gasteiger partial charge in [0.2, 0.25) is 0 Å². The first-order valence-electron chi connectivity index (χ1n) is 15.6. The summed E-state index contributed by atoms with van der Waals surface area (Å²) in [6, 6.07) is 47.5. The molecule has 3 heterocycles. The van der Waals surface area contributed by atoms with Gasteiger partial charge in [0.05, 0.1) is 39.5 Å². The summed E-state index contributed by atoms with van der Waals surface area (Å²) in [5, 5.41) is 15.1. The number of fused-ring (bicyclic) bond motifs is 3. The number of benzene rings is 5. The molecule has 0 saturated heterocycles. The number of hydrogen-bond donors (Lipinski definition) is 1.